The number of hydrogen-bond acceptors (Lipinski definition) is 5. The number of hydrogen-bond donors (Lipinski definition) is 2. The highest BCUT2D eigenvalue weighted by Gasteiger charge is 2.41. The van der Waals surface area contributed by atoms with Crippen molar-refractivity contribution in [3.05, 3.63) is 34.6 Å². The predicted molar refractivity (Wildman–Crippen MR) is 111 cm³/mol. The number of benzene rings is 1. The van der Waals surface area contributed by atoms with Gasteiger partial charge in [-0.3, -0.25) is 0 Å². The van der Waals surface area contributed by atoms with Crippen molar-refractivity contribution in [3.8, 4) is 28.3 Å². The minimum absolute atomic E-state index is 0.0486. The van der Waals surface area contributed by atoms with Crippen LogP contribution in [0.4, 0.5) is 10.2 Å². The van der Waals surface area contributed by atoms with Gasteiger partial charge < -0.3 is 15.2 Å². The number of anilines is 1. The summed E-state index contributed by atoms with van der Waals surface area (Å²) in [6, 6.07) is 3.42. The minimum atomic E-state index is -0.794. The Hall–Kier alpha value is -2.36. The van der Waals surface area contributed by atoms with Gasteiger partial charge in [0.05, 0.1) is 11.2 Å². The highest BCUT2D eigenvalue weighted by molar-refractivity contribution is 6.30. The number of rotatable bonds is 4. The van der Waals surface area contributed by atoms with Crippen LogP contribution in [0, 0.1) is 17.1 Å². The largest absolute Gasteiger partial charge is 0.504 e. The van der Waals surface area contributed by atoms with Crippen LogP contribution in [-0.4, -0.2) is 34.1 Å². The number of nitrogens with one attached hydrogen (secondary N) is 1. The van der Waals surface area contributed by atoms with Gasteiger partial charge in [0.2, 0.25) is 0 Å². The van der Waals surface area contributed by atoms with Gasteiger partial charge in [-0.15, -0.1) is 10.2 Å². The Morgan fingerprint density at radius 3 is 2.66 bits per heavy atom. The summed E-state index contributed by atoms with van der Waals surface area (Å²) in [6.45, 7) is 2.10. The third-order valence-corrected chi connectivity index (χ3v) is 6.13. The van der Waals surface area contributed by atoms with Gasteiger partial charge in [0.25, 0.3) is 0 Å². The highest BCUT2D eigenvalue weighted by atomic mass is 35.5. The molecule has 2 aliphatic rings. The van der Waals surface area contributed by atoms with Crippen LogP contribution < -0.4 is 5.32 Å². The maximum Gasteiger partial charge on any atom is 0.181 e. The maximum atomic E-state index is 14.5. The normalized spacial score (nSPS) is 22.8. The van der Waals surface area contributed by atoms with E-state index in [1.807, 2.05) is 0 Å². The Labute approximate surface area is 174 Å². The van der Waals surface area contributed by atoms with E-state index in [9.17, 15) is 9.50 Å². The molecule has 0 radical (unpaired) electrons. The van der Waals surface area contributed by atoms with Crippen LogP contribution in [0.1, 0.15) is 49.3 Å². The van der Waals surface area contributed by atoms with Gasteiger partial charge in [0, 0.05) is 29.7 Å². The summed E-state index contributed by atoms with van der Waals surface area (Å²) < 4.78 is 20.0. The summed E-state index contributed by atoms with van der Waals surface area (Å²) in [5.74, 6) is 1.96. The molecule has 1 heterocycles. The SMILES string of the molecule is COC1(C)CC(Nc2nnc(-c3ccc(C#CCl)c(F)c3O)c3c2CCCC3)C1. The summed E-state index contributed by atoms with van der Waals surface area (Å²) in [6.07, 6.45) is 5.62. The van der Waals surface area contributed by atoms with E-state index in [0.29, 0.717) is 17.3 Å². The van der Waals surface area contributed by atoms with Crippen molar-refractivity contribution in [2.45, 2.75) is 57.1 Å². The first-order valence-corrected chi connectivity index (χ1v) is 10.2. The fourth-order valence-electron chi connectivity index (χ4n) is 4.33. The van der Waals surface area contributed by atoms with Gasteiger partial charge in [-0.2, -0.15) is 0 Å². The Morgan fingerprint density at radius 1 is 1.24 bits per heavy atom. The predicted octanol–water partition coefficient (Wildman–Crippen LogP) is 4.39. The lowest BCUT2D eigenvalue weighted by Gasteiger charge is -2.44. The second-order valence-electron chi connectivity index (χ2n) is 8.01. The average Bonchev–Trinajstić information content (AvgIpc) is 2.71. The lowest BCUT2D eigenvalue weighted by molar-refractivity contribution is -0.0625. The smallest absolute Gasteiger partial charge is 0.181 e. The van der Waals surface area contributed by atoms with Crippen LogP contribution in [0.25, 0.3) is 11.3 Å². The molecule has 1 aromatic carbocycles. The Kier molecular flexibility index (Phi) is 5.37. The van der Waals surface area contributed by atoms with E-state index in [1.54, 1.807) is 13.2 Å². The van der Waals surface area contributed by atoms with Gasteiger partial charge in [-0.25, -0.2) is 4.39 Å². The van der Waals surface area contributed by atoms with E-state index in [2.05, 4.69) is 33.7 Å². The molecule has 2 aliphatic carbocycles. The van der Waals surface area contributed by atoms with Crippen molar-refractivity contribution < 1.29 is 14.2 Å². The van der Waals surface area contributed by atoms with Gasteiger partial charge in [0.1, 0.15) is 5.69 Å². The third kappa shape index (κ3) is 3.65. The van der Waals surface area contributed by atoms with E-state index in [4.69, 9.17) is 16.3 Å². The molecule has 2 N–H and O–H groups in total. The zero-order chi connectivity index (χ0) is 20.6. The quantitative estimate of drug-likeness (QED) is 0.725. The number of phenolic OH excluding ortho intramolecular Hbond substituents is 1. The van der Waals surface area contributed by atoms with Crippen molar-refractivity contribution >= 4 is 17.4 Å². The number of methoxy groups -OCH3 is 1. The summed E-state index contributed by atoms with van der Waals surface area (Å²) in [7, 11) is 1.74. The minimum Gasteiger partial charge on any atom is -0.504 e. The zero-order valence-corrected chi connectivity index (χ0v) is 17.2. The maximum absolute atomic E-state index is 14.5. The van der Waals surface area contributed by atoms with Crippen LogP contribution in [0.2, 0.25) is 0 Å². The molecule has 5 nitrogen and oxygen atoms in total. The Balaban J connectivity index is 1.69. The van der Waals surface area contributed by atoms with Crippen LogP contribution in [0.5, 0.6) is 5.75 Å². The molecular weight excluding hydrogens is 393 g/mol. The van der Waals surface area contributed by atoms with Gasteiger partial charge in [-0.1, -0.05) is 0 Å². The average molecular weight is 416 g/mol. The first-order valence-electron chi connectivity index (χ1n) is 9.79. The number of aromatic nitrogens is 2. The van der Waals surface area contributed by atoms with Gasteiger partial charge in [0.15, 0.2) is 17.4 Å². The highest BCUT2D eigenvalue weighted by Crippen LogP contribution is 2.40. The summed E-state index contributed by atoms with van der Waals surface area (Å²) in [4.78, 5) is 0. The molecule has 0 bridgehead atoms. The third-order valence-electron chi connectivity index (χ3n) is 6.03. The molecule has 0 amide bonds. The lowest BCUT2D eigenvalue weighted by atomic mass is 9.77. The molecule has 0 spiro atoms. The van der Waals surface area contributed by atoms with Crippen LogP contribution in [-0.2, 0) is 17.6 Å². The molecule has 29 heavy (non-hydrogen) atoms. The number of halogens is 2. The summed E-state index contributed by atoms with van der Waals surface area (Å²) >= 11 is 5.37. The van der Waals surface area contributed by atoms with Crippen molar-refractivity contribution in [1.29, 1.82) is 0 Å². The zero-order valence-electron chi connectivity index (χ0n) is 16.5. The molecule has 7 heteroatoms. The number of fused-ring (bicyclic) bond motifs is 1. The number of phenols is 1. The summed E-state index contributed by atoms with van der Waals surface area (Å²) in [5.41, 5.74) is 2.96. The molecule has 4 rings (SSSR count). The Bertz CT molecular complexity index is 1010. The van der Waals surface area contributed by atoms with E-state index in [0.717, 1.165) is 55.5 Å². The first kappa shape index (κ1) is 19.9. The van der Waals surface area contributed by atoms with Gasteiger partial charge >= 0.3 is 0 Å². The number of ether oxygens (including phenoxy) is 1. The molecule has 1 saturated carbocycles. The number of aromatic hydroxyl groups is 1. The van der Waals surface area contributed by atoms with E-state index < -0.39 is 11.6 Å². The monoisotopic (exact) mass is 415 g/mol. The van der Waals surface area contributed by atoms with E-state index in [1.165, 1.54) is 6.07 Å². The molecule has 152 valence electrons. The second-order valence-corrected chi connectivity index (χ2v) is 8.20. The van der Waals surface area contributed by atoms with Crippen LogP contribution in [0.3, 0.4) is 0 Å². The second kappa shape index (κ2) is 7.81. The van der Waals surface area contributed by atoms with E-state index >= 15 is 0 Å². The Morgan fingerprint density at radius 2 is 1.97 bits per heavy atom. The summed E-state index contributed by atoms with van der Waals surface area (Å²) in [5, 5.41) is 24.8. The van der Waals surface area contributed by atoms with Crippen LogP contribution in [0.15, 0.2) is 12.1 Å². The standard InChI is InChI=1S/C22H23ClFN3O2/c1-22(29-2)11-14(12-22)25-21-16-6-4-3-5-15(16)19(26-27-21)17-8-7-13(9-10-23)18(24)20(17)28/h7-8,14,28H,3-6,11-12H2,1-2H3,(H,25,27). The molecule has 0 unspecified atom stereocenters. The molecule has 0 saturated heterocycles. The fourth-order valence-corrected chi connectivity index (χ4v) is 4.43. The molecule has 2 aromatic rings. The fraction of sp³-hybridized carbons (Fsp3) is 0.455. The van der Waals surface area contributed by atoms with Crippen LogP contribution >= 0.6 is 11.6 Å². The molecule has 0 atom stereocenters. The molecule has 1 fully saturated rings. The van der Waals surface area contributed by atoms with Crippen molar-refractivity contribution in [1.82, 2.24) is 10.2 Å². The molecule has 1 aromatic heterocycles. The van der Waals surface area contributed by atoms with Gasteiger partial charge in [-0.05, 0) is 80.7 Å². The van der Waals surface area contributed by atoms with Crippen molar-refractivity contribution in [2.24, 2.45) is 0 Å². The topological polar surface area (TPSA) is 67.3 Å². The molecule has 0 aliphatic heterocycles. The van der Waals surface area contributed by atoms with E-state index in [-0.39, 0.29) is 11.2 Å². The van der Waals surface area contributed by atoms with Crippen molar-refractivity contribution in [2.75, 3.05) is 12.4 Å². The van der Waals surface area contributed by atoms with Crippen molar-refractivity contribution in [3.63, 3.8) is 0 Å². The first-order chi connectivity index (χ1) is 14.0. The lowest BCUT2D eigenvalue weighted by Crippen LogP contribution is -2.50. The molecular formula is C22H23ClFN3O2. The number of nitrogens with zero attached hydrogens (tertiary/aromatic N) is 2.